The fourth-order valence-corrected chi connectivity index (χ4v) is 5.48. The summed E-state index contributed by atoms with van der Waals surface area (Å²) in [6.07, 6.45) is 1.04. The molecule has 0 aliphatic carbocycles. The first-order valence-electron chi connectivity index (χ1n) is 12.8. The molecule has 2 N–H and O–H groups in total. The van der Waals surface area contributed by atoms with Gasteiger partial charge < -0.3 is 15.1 Å². The SMILES string of the molecule is CN(C=O)OCCCN1C[C@H](C(=O)c2cccc(O)c2)C(c2cccc(Cl)c2F)[C@@H](C(=O)c2cccc(O)c2)C1. The van der Waals surface area contributed by atoms with Crippen LogP contribution in [0.3, 0.4) is 0 Å². The molecule has 1 aliphatic rings. The molecule has 0 bridgehead atoms. The number of ketones is 2. The van der Waals surface area contributed by atoms with Crippen molar-refractivity contribution in [3.05, 3.63) is 94.3 Å². The Bertz CT molecular complexity index is 1320. The summed E-state index contributed by atoms with van der Waals surface area (Å²) in [7, 11) is 1.48. The second kappa shape index (κ2) is 13.0. The first-order chi connectivity index (χ1) is 19.2. The predicted molar refractivity (Wildman–Crippen MR) is 147 cm³/mol. The van der Waals surface area contributed by atoms with Crippen molar-refractivity contribution < 1.29 is 33.8 Å². The molecule has 0 aromatic heterocycles. The number of halogens is 2. The minimum absolute atomic E-state index is 0.0900. The van der Waals surface area contributed by atoms with Crippen LogP contribution in [0.15, 0.2) is 66.7 Å². The van der Waals surface area contributed by atoms with Crippen LogP contribution in [-0.4, -0.2) is 71.4 Å². The maximum Gasteiger partial charge on any atom is 0.233 e. The summed E-state index contributed by atoms with van der Waals surface area (Å²) in [6.45, 7) is 1.08. The van der Waals surface area contributed by atoms with Gasteiger partial charge in [-0.3, -0.25) is 19.2 Å². The third kappa shape index (κ3) is 6.67. The molecule has 0 unspecified atom stereocenters. The van der Waals surface area contributed by atoms with Gasteiger partial charge in [-0.2, -0.15) is 0 Å². The number of phenols is 2. The third-order valence-corrected chi connectivity index (χ3v) is 7.41. The van der Waals surface area contributed by atoms with E-state index in [0.717, 1.165) is 5.06 Å². The van der Waals surface area contributed by atoms with Crippen molar-refractivity contribution in [3.8, 4) is 11.5 Å². The summed E-state index contributed by atoms with van der Waals surface area (Å²) in [6, 6.07) is 16.4. The van der Waals surface area contributed by atoms with Crippen molar-refractivity contribution in [1.82, 2.24) is 9.96 Å². The van der Waals surface area contributed by atoms with Crippen LogP contribution in [0.4, 0.5) is 4.39 Å². The highest BCUT2D eigenvalue weighted by molar-refractivity contribution is 6.30. The lowest BCUT2D eigenvalue weighted by Gasteiger charge is -2.43. The zero-order valence-electron chi connectivity index (χ0n) is 21.9. The first kappa shape index (κ1) is 29.2. The van der Waals surface area contributed by atoms with Gasteiger partial charge in [0.15, 0.2) is 11.6 Å². The van der Waals surface area contributed by atoms with E-state index in [1.165, 1.54) is 43.4 Å². The van der Waals surface area contributed by atoms with Crippen molar-refractivity contribution in [3.63, 3.8) is 0 Å². The zero-order chi connectivity index (χ0) is 28.8. The van der Waals surface area contributed by atoms with Gasteiger partial charge in [0, 0.05) is 55.6 Å². The number of carbonyl (C=O) groups excluding carboxylic acids is 3. The van der Waals surface area contributed by atoms with E-state index in [-0.39, 0.29) is 64.5 Å². The van der Waals surface area contributed by atoms with Gasteiger partial charge >= 0.3 is 0 Å². The van der Waals surface area contributed by atoms with Crippen LogP contribution in [0.5, 0.6) is 11.5 Å². The van der Waals surface area contributed by atoms with Crippen LogP contribution in [0, 0.1) is 17.7 Å². The molecule has 4 rings (SSSR count). The monoisotopic (exact) mass is 568 g/mol. The Kier molecular flexibility index (Phi) is 9.52. The van der Waals surface area contributed by atoms with Gasteiger partial charge in [-0.15, -0.1) is 0 Å². The fourth-order valence-electron chi connectivity index (χ4n) is 5.30. The molecule has 0 spiro atoms. The standard InChI is InChI=1S/C30H30ClFN2O6/c1-33(18-35)40-13-5-12-34-16-24(29(38)19-6-2-8-21(36)14-19)27(23-10-4-11-26(31)28(23)32)25(17-34)30(39)20-7-3-9-22(37)15-20/h2-4,6-11,14-15,18,24-25,27,36-37H,5,12-13,16-17H2,1H3/t24-,25-/m0/s1. The average molecular weight is 569 g/mol. The van der Waals surface area contributed by atoms with Crippen LogP contribution in [0.25, 0.3) is 0 Å². The minimum atomic E-state index is -0.878. The number of likely N-dealkylation sites (tertiary alicyclic amines) is 1. The number of hydrogen-bond donors (Lipinski definition) is 2. The highest BCUT2D eigenvalue weighted by Gasteiger charge is 2.46. The quantitative estimate of drug-likeness (QED) is 0.149. The van der Waals surface area contributed by atoms with E-state index < -0.39 is 23.6 Å². The molecule has 1 fully saturated rings. The Balaban J connectivity index is 1.77. The molecule has 2 atom stereocenters. The number of hydroxylamine groups is 2. The molecule has 40 heavy (non-hydrogen) atoms. The number of carbonyl (C=O) groups is 3. The number of piperidine rings is 1. The molecule has 1 saturated heterocycles. The Labute approximate surface area is 236 Å². The topological polar surface area (TPSA) is 107 Å². The smallest absolute Gasteiger partial charge is 0.233 e. The van der Waals surface area contributed by atoms with Gasteiger partial charge in [0.25, 0.3) is 0 Å². The number of Topliss-reactive ketones (excluding diaryl/α,β-unsaturated/α-hetero) is 2. The fraction of sp³-hybridized carbons (Fsp3) is 0.300. The number of benzene rings is 3. The van der Waals surface area contributed by atoms with Crippen molar-refractivity contribution in [1.29, 1.82) is 0 Å². The number of phenolic OH excluding ortho intramolecular Hbond substituents is 2. The summed E-state index contributed by atoms with van der Waals surface area (Å²) in [4.78, 5) is 46.0. The number of aromatic hydroxyl groups is 2. The van der Waals surface area contributed by atoms with E-state index in [2.05, 4.69) is 0 Å². The van der Waals surface area contributed by atoms with E-state index >= 15 is 4.39 Å². The van der Waals surface area contributed by atoms with Gasteiger partial charge in [-0.05, 0) is 42.3 Å². The molecule has 0 saturated carbocycles. The Morgan fingerprint density at radius 1 is 1.00 bits per heavy atom. The summed E-state index contributed by atoms with van der Waals surface area (Å²) in [5, 5.41) is 21.0. The molecule has 210 valence electrons. The molecule has 1 heterocycles. The van der Waals surface area contributed by atoms with Crippen LogP contribution < -0.4 is 0 Å². The van der Waals surface area contributed by atoms with Crippen LogP contribution >= 0.6 is 11.6 Å². The highest BCUT2D eigenvalue weighted by atomic mass is 35.5. The summed E-state index contributed by atoms with van der Waals surface area (Å²) >= 11 is 6.15. The predicted octanol–water partition coefficient (Wildman–Crippen LogP) is 4.70. The normalized spacial score (nSPS) is 17.9. The van der Waals surface area contributed by atoms with E-state index in [0.29, 0.717) is 19.4 Å². The third-order valence-electron chi connectivity index (χ3n) is 7.11. The van der Waals surface area contributed by atoms with Crippen LogP contribution in [-0.2, 0) is 9.63 Å². The largest absolute Gasteiger partial charge is 0.508 e. The van der Waals surface area contributed by atoms with Crippen molar-refractivity contribution in [2.75, 3.05) is 33.3 Å². The lowest BCUT2D eigenvalue weighted by molar-refractivity contribution is -0.164. The molecule has 3 aromatic carbocycles. The van der Waals surface area contributed by atoms with Crippen LogP contribution in [0.2, 0.25) is 5.02 Å². The Hall–Kier alpha value is -3.79. The molecule has 0 radical (unpaired) electrons. The molecule has 1 aliphatic heterocycles. The molecule has 8 nitrogen and oxygen atoms in total. The van der Waals surface area contributed by atoms with Gasteiger partial charge in [0.1, 0.15) is 17.3 Å². The number of nitrogens with zero attached hydrogens (tertiary/aromatic N) is 2. The van der Waals surface area contributed by atoms with Gasteiger partial charge in [-0.1, -0.05) is 48.0 Å². The zero-order valence-corrected chi connectivity index (χ0v) is 22.6. The minimum Gasteiger partial charge on any atom is -0.508 e. The van der Waals surface area contributed by atoms with E-state index in [1.807, 2.05) is 4.90 Å². The number of hydrogen-bond acceptors (Lipinski definition) is 7. The lowest BCUT2D eigenvalue weighted by atomic mass is 9.68. The molecule has 1 amide bonds. The summed E-state index contributed by atoms with van der Waals surface area (Å²) in [5.41, 5.74) is 0.623. The second-order valence-electron chi connectivity index (χ2n) is 9.81. The number of amides is 1. The summed E-state index contributed by atoms with van der Waals surface area (Å²) < 4.78 is 15.5. The van der Waals surface area contributed by atoms with Crippen molar-refractivity contribution in [2.24, 2.45) is 11.8 Å². The lowest BCUT2D eigenvalue weighted by Crippen LogP contribution is -2.51. The van der Waals surface area contributed by atoms with E-state index in [9.17, 15) is 24.6 Å². The first-order valence-corrected chi connectivity index (χ1v) is 13.2. The van der Waals surface area contributed by atoms with Crippen LogP contribution in [0.1, 0.15) is 38.6 Å². The van der Waals surface area contributed by atoms with E-state index in [1.54, 1.807) is 30.3 Å². The van der Waals surface area contributed by atoms with Crippen molar-refractivity contribution in [2.45, 2.75) is 12.3 Å². The average Bonchev–Trinajstić information content (AvgIpc) is 2.95. The van der Waals surface area contributed by atoms with E-state index in [4.69, 9.17) is 16.4 Å². The molecule has 3 aromatic rings. The Morgan fingerprint density at radius 3 is 2.08 bits per heavy atom. The maximum absolute atomic E-state index is 15.5. The maximum atomic E-state index is 15.5. The van der Waals surface area contributed by atoms with Gasteiger partial charge in [-0.25, -0.2) is 9.45 Å². The molecule has 10 heteroatoms. The summed E-state index contributed by atoms with van der Waals surface area (Å²) in [5.74, 6) is -4.19. The Morgan fingerprint density at radius 2 is 1.55 bits per heavy atom. The van der Waals surface area contributed by atoms with Gasteiger partial charge in [0.05, 0.1) is 11.6 Å². The second-order valence-corrected chi connectivity index (χ2v) is 10.2. The molecular formula is C30H30ClFN2O6. The highest BCUT2D eigenvalue weighted by Crippen LogP contribution is 2.43. The van der Waals surface area contributed by atoms with Crippen molar-refractivity contribution >= 4 is 29.6 Å². The van der Waals surface area contributed by atoms with Gasteiger partial charge in [0.2, 0.25) is 6.41 Å². The molecular weight excluding hydrogens is 539 g/mol. The number of rotatable bonds is 11.